The Bertz CT molecular complexity index is 535. The van der Waals surface area contributed by atoms with Crippen molar-refractivity contribution in [1.29, 1.82) is 0 Å². The van der Waals surface area contributed by atoms with Gasteiger partial charge in [-0.2, -0.15) is 0 Å². The molecule has 1 aromatic carbocycles. The molecule has 0 heterocycles. The lowest BCUT2D eigenvalue weighted by atomic mass is 10.2. The second-order valence-electron chi connectivity index (χ2n) is 7.17. The predicted octanol–water partition coefficient (Wildman–Crippen LogP) is 3.78. The highest BCUT2D eigenvalue weighted by atomic mass is 16.6. The quantitative estimate of drug-likeness (QED) is 0.383. The van der Waals surface area contributed by atoms with Gasteiger partial charge in [-0.1, -0.05) is 18.2 Å². The Morgan fingerprint density at radius 1 is 0.815 bits per heavy atom. The van der Waals surface area contributed by atoms with Gasteiger partial charge in [-0.3, -0.25) is 0 Å². The van der Waals surface area contributed by atoms with E-state index in [1.54, 1.807) is 12.1 Å². The summed E-state index contributed by atoms with van der Waals surface area (Å²) in [5, 5.41) is 0. The highest BCUT2D eigenvalue weighted by molar-refractivity contribution is 5.89. The van der Waals surface area contributed by atoms with E-state index < -0.39 is 5.60 Å². The summed E-state index contributed by atoms with van der Waals surface area (Å²) in [7, 11) is 0. The summed E-state index contributed by atoms with van der Waals surface area (Å²) in [5.74, 6) is -0.630. The van der Waals surface area contributed by atoms with Crippen LogP contribution in [0.25, 0.3) is 0 Å². The Labute approximate surface area is 162 Å². The first-order chi connectivity index (χ1) is 12.9. The summed E-state index contributed by atoms with van der Waals surface area (Å²) < 4.78 is 21.1. The third-order valence-corrected chi connectivity index (χ3v) is 3.39. The van der Waals surface area contributed by atoms with Crippen LogP contribution in [-0.2, 0) is 23.7 Å². The van der Waals surface area contributed by atoms with Gasteiger partial charge >= 0.3 is 11.9 Å². The van der Waals surface area contributed by atoms with E-state index in [0.29, 0.717) is 32.0 Å². The molecule has 0 N–H and O–H groups in total. The number of benzene rings is 1. The van der Waals surface area contributed by atoms with Crippen molar-refractivity contribution in [3.8, 4) is 0 Å². The highest BCUT2D eigenvalue weighted by Crippen LogP contribution is 2.07. The number of unbranched alkanes of at least 4 members (excludes halogenated alkanes) is 2. The summed E-state index contributed by atoms with van der Waals surface area (Å²) in [5.41, 5.74) is 0.0957. The molecule has 27 heavy (non-hydrogen) atoms. The largest absolute Gasteiger partial charge is 0.462 e. The van der Waals surface area contributed by atoms with Gasteiger partial charge in [0, 0.05) is 19.8 Å². The molecule has 0 aromatic heterocycles. The van der Waals surface area contributed by atoms with E-state index in [1.807, 2.05) is 39.0 Å². The molecule has 0 aliphatic carbocycles. The van der Waals surface area contributed by atoms with Crippen LogP contribution in [0.15, 0.2) is 30.3 Å². The zero-order chi connectivity index (χ0) is 20.0. The molecule has 0 bridgehead atoms. The standard InChI is InChI=1S/C21H32O6/c1-21(2,3)27-19(22)17-25-15-10-14-24-13-8-5-9-16-26-20(23)18-11-6-4-7-12-18/h4,6-7,11-12H,5,8-10,13-17H2,1-3H3. The monoisotopic (exact) mass is 380 g/mol. The second-order valence-corrected chi connectivity index (χ2v) is 7.17. The van der Waals surface area contributed by atoms with Crippen molar-refractivity contribution < 1.29 is 28.5 Å². The lowest BCUT2D eigenvalue weighted by Crippen LogP contribution is -2.26. The molecule has 1 aromatic rings. The molecule has 0 unspecified atom stereocenters. The van der Waals surface area contributed by atoms with Crippen molar-refractivity contribution in [1.82, 2.24) is 0 Å². The minimum absolute atomic E-state index is 0.0288. The van der Waals surface area contributed by atoms with E-state index in [9.17, 15) is 9.59 Å². The van der Waals surface area contributed by atoms with Gasteiger partial charge < -0.3 is 18.9 Å². The smallest absolute Gasteiger partial charge is 0.338 e. The minimum Gasteiger partial charge on any atom is -0.462 e. The average molecular weight is 380 g/mol. The van der Waals surface area contributed by atoms with Crippen molar-refractivity contribution in [3.63, 3.8) is 0 Å². The van der Waals surface area contributed by atoms with Crippen LogP contribution in [0.4, 0.5) is 0 Å². The van der Waals surface area contributed by atoms with Crippen LogP contribution < -0.4 is 0 Å². The van der Waals surface area contributed by atoms with Crippen LogP contribution in [0.2, 0.25) is 0 Å². The van der Waals surface area contributed by atoms with E-state index >= 15 is 0 Å². The van der Waals surface area contributed by atoms with E-state index in [1.165, 1.54) is 0 Å². The fourth-order valence-electron chi connectivity index (χ4n) is 2.20. The number of ether oxygens (including phenoxy) is 4. The van der Waals surface area contributed by atoms with Gasteiger partial charge in [0.1, 0.15) is 12.2 Å². The number of hydrogen-bond donors (Lipinski definition) is 0. The Morgan fingerprint density at radius 2 is 1.44 bits per heavy atom. The van der Waals surface area contributed by atoms with Crippen LogP contribution in [0.5, 0.6) is 0 Å². The van der Waals surface area contributed by atoms with E-state index in [4.69, 9.17) is 18.9 Å². The van der Waals surface area contributed by atoms with Gasteiger partial charge in [-0.15, -0.1) is 0 Å². The third-order valence-electron chi connectivity index (χ3n) is 3.39. The molecule has 6 nitrogen and oxygen atoms in total. The van der Waals surface area contributed by atoms with Gasteiger partial charge in [-0.25, -0.2) is 9.59 Å². The zero-order valence-corrected chi connectivity index (χ0v) is 16.7. The van der Waals surface area contributed by atoms with E-state index in [2.05, 4.69) is 0 Å². The SMILES string of the molecule is CC(C)(C)OC(=O)COCCCOCCCCCOC(=O)c1ccccc1. The molecule has 0 radical (unpaired) electrons. The molecular weight excluding hydrogens is 348 g/mol. The molecule has 0 saturated heterocycles. The molecule has 0 atom stereocenters. The molecule has 1 rings (SSSR count). The Kier molecular flexibility index (Phi) is 11.4. The first kappa shape index (κ1) is 23.1. The maximum atomic E-state index is 11.7. The van der Waals surface area contributed by atoms with E-state index in [-0.39, 0.29) is 18.5 Å². The Balaban J connectivity index is 1.85. The summed E-state index contributed by atoms with van der Waals surface area (Å²) in [6, 6.07) is 8.98. The van der Waals surface area contributed by atoms with E-state index in [0.717, 1.165) is 25.7 Å². The zero-order valence-electron chi connectivity index (χ0n) is 16.7. The third kappa shape index (κ3) is 13.0. The summed E-state index contributed by atoms with van der Waals surface area (Å²) in [6.45, 7) is 7.60. The van der Waals surface area contributed by atoms with Crippen LogP contribution in [0.3, 0.4) is 0 Å². The number of hydrogen-bond acceptors (Lipinski definition) is 6. The summed E-state index contributed by atoms with van der Waals surface area (Å²) in [6.07, 6.45) is 3.41. The minimum atomic E-state index is -0.483. The second kappa shape index (κ2) is 13.3. The number of rotatable bonds is 13. The molecule has 0 fully saturated rings. The highest BCUT2D eigenvalue weighted by Gasteiger charge is 2.15. The summed E-state index contributed by atoms with van der Waals surface area (Å²) >= 11 is 0. The van der Waals surface area contributed by atoms with Crippen molar-refractivity contribution in [2.24, 2.45) is 0 Å². The molecule has 0 aliphatic heterocycles. The average Bonchev–Trinajstić information content (AvgIpc) is 2.61. The van der Waals surface area contributed by atoms with Gasteiger partial charge in [0.05, 0.1) is 12.2 Å². The number of carbonyl (C=O) groups is 2. The van der Waals surface area contributed by atoms with Crippen molar-refractivity contribution in [2.75, 3.05) is 33.0 Å². The molecule has 0 saturated carbocycles. The molecule has 0 amide bonds. The predicted molar refractivity (Wildman–Crippen MR) is 103 cm³/mol. The molecule has 0 aliphatic rings. The van der Waals surface area contributed by atoms with Crippen molar-refractivity contribution in [3.05, 3.63) is 35.9 Å². The fraction of sp³-hybridized carbons (Fsp3) is 0.619. The first-order valence-corrected chi connectivity index (χ1v) is 9.48. The molecule has 0 spiro atoms. The van der Waals surface area contributed by atoms with Crippen molar-refractivity contribution >= 4 is 11.9 Å². The topological polar surface area (TPSA) is 71.1 Å². The fourth-order valence-corrected chi connectivity index (χ4v) is 2.20. The van der Waals surface area contributed by atoms with Crippen LogP contribution >= 0.6 is 0 Å². The lowest BCUT2D eigenvalue weighted by Gasteiger charge is -2.19. The number of esters is 2. The van der Waals surface area contributed by atoms with Gasteiger partial charge in [0.25, 0.3) is 0 Å². The first-order valence-electron chi connectivity index (χ1n) is 9.48. The lowest BCUT2D eigenvalue weighted by molar-refractivity contribution is -0.160. The maximum absolute atomic E-state index is 11.7. The molecule has 152 valence electrons. The van der Waals surface area contributed by atoms with Gasteiger partial charge in [0.2, 0.25) is 0 Å². The van der Waals surface area contributed by atoms with Gasteiger partial charge in [-0.05, 0) is 58.6 Å². The normalized spacial score (nSPS) is 11.2. The van der Waals surface area contributed by atoms with Crippen LogP contribution in [0.1, 0.15) is 56.8 Å². The molecular formula is C21H32O6. The Morgan fingerprint density at radius 3 is 2.15 bits per heavy atom. The van der Waals surface area contributed by atoms with Gasteiger partial charge in [0.15, 0.2) is 0 Å². The summed E-state index contributed by atoms with van der Waals surface area (Å²) in [4.78, 5) is 23.2. The Hall–Kier alpha value is -1.92. The van der Waals surface area contributed by atoms with Crippen LogP contribution in [-0.4, -0.2) is 50.6 Å². The molecule has 6 heteroatoms. The maximum Gasteiger partial charge on any atom is 0.338 e. The van der Waals surface area contributed by atoms with Crippen molar-refractivity contribution in [2.45, 2.75) is 52.1 Å². The number of carbonyl (C=O) groups excluding carboxylic acids is 2. The van der Waals surface area contributed by atoms with Crippen LogP contribution in [0, 0.1) is 0 Å².